The van der Waals surface area contributed by atoms with Gasteiger partial charge in [-0.25, -0.2) is 9.97 Å². The van der Waals surface area contributed by atoms with Crippen LogP contribution in [0.25, 0.3) is 16.5 Å². The molecule has 0 spiro atoms. The van der Waals surface area contributed by atoms with Gasteiger partial charge in [0.15, 0.2) is 5.82 Å². The fraction of sp³-hybridized carbons (Fsp3) is 0.290. The molecule has 1 aliphatic rings. The third-order valence-electron chi connectivity index (χ3n) is 7.06. The number of rotatable bonds is 8. The molecule has 0 N–H and O–H groups in total. The van der Waals surface area contributed by atoms with Crippen molar-refractivity contribution in [2.75, 3.05) is 39.1 Å². The van der Waals surface area contributed by atoms with Gasteiger partial charge < -0.3 is 9.80 Å². The first-order chi connectivity index (χ1) is 17.8. The number of nitrogens with zero attached hydrogens (tertiary/aromatic N) is 4. The number of hydrogen-bond donors (Lipinski definition) is 0. The van der Waals surface area contributed by atoms with Crippen LogP contribution in [0.4, 0.5) is 5.82 Å². The summed E-state index contributed by atoms with van der Waals surface area (Å²) >= 11 is 12.9. The van der Waals surface area contributed by atoms with Gasteiger partial charge in [-0.3, -0.25) is 0 Å². The molecule has 0 saturated carbocycles. The molecule has 0 aliphatic heterocycles. The summed E-state index contributed by atoms with van der Waals surface area (Å²) in [7, 11) is 6.34. The van der Waals surface area contributed by atoms with Crippen molar-refractivity contribution in [1.82, 2.24) is 14.9 Å². The Morgan fingerprint density at radius 1 is 0.865 bits per heavy atom. The van der Waals surface area contributed by atoms with Gasteiger partial charge in [-0.05, 0) is 86.9 Å². The van der Waals surface area contributed by atoms with E-state index < -0.39 is 0 Å². The van der Waals surface area contributed by atoms with E-state index in [1.165, 1.54) is 5.56 Å². The van der Waals surface area contributed by atoms with Crippen molar-refractivity contribution in [1.29, 1.82) is 0 Å². The Labute approximate surface area is 229 Å². The number of aryl methyl sites for hydroxylation is 1. The second-order valence-electron chi connectivity index (χ2n) is 10.1. The first-order valence-electron chi connectivity index (χ1n) is 12.7. The monoisotopic (exact) mass is 530 g/mol. The highest BCUT2D eigenvalue weighted by Crippen LogP contribution is 2.44. The average molecular weight is 532 g/mol. The van der Waals surface area contributed by atoms with Gasteiger partial charge in [0, 0.05) is 40.5 Å². The molecule has 4 nitrogen and oxygen atoms in total. The Balaban J connectivity index is 1.60. The lowest BCUT2D eigenvalue weighted by Gasteiger charge is -2.22. The van der Waals surface area contributed by atoms with Gasteiger partial charge in [0.05, 0.1) is 5.52 Å². The summed E-state index contributed by atoms with van der Waals surface area (Å²) in [6.07, 6.45) is 4.18. The molecule has 1 atom stereocenters. The maximum Gasteiger partial charge on any atom is 0.162 e. The number of allylic oxidation sites excluding steroid dienone is 1. The lowest BCUT2D eigenvalue weighted by molar-refractivity contribution is 0.401. The maximum absolute atomic E-state index is 6.79. The summed E-state index contributed by atoms with van der Waals surface area (Å²) in [6.45, 7) is 4.06. The lowest BCUT2D eigenvalue weighted by Crippen LogP contribution is -2.24. The minimum Gasteiger partial charge on any atom is -0.359 e. The van der Waals surface area contributed by atoms with Crippen LogP contribution in [0.1, 0.15) is 40.4 Å². The van der Waals surface area contributed by atoms with Crippen LogP contribution < -0.4 is 4.90 Å². The number of anilines is 1. The smallest absolute Gasteiger partial charge is 0.162 e. The predicted octanol–water partition coefficient (Wildman–Crippen LogP) is 7.40. The van der Waals surface area contributed by atoms with Crippen molar-refractivity contribution in [2.45, 2.75) is 25.7 Å². The molecule has 4 aromatic rings. The highest BCUT2D eigenvalue weighted by atomic mass is 35.5. The third kappa shape index (κ3) is 5.38. The molecular formula is C31H32Cl2N4. The molecule has 0 amide bonds. The minimum absolute atomic E-state index is 0.136. The number of benzene rings is 3. The summed E-state index contributed by atoms with van der Waals surface area (Å²) in [6, 6.07) is 20.5. The second-order valence-corrected chi connectivity index (χ2v) is 11.0. The molecule has 6 heteroatoms. The van der Waals surface area contributed by atoms with Crippen molar-refractivity contribution in [2.24, 2.45) is 0 Å². The van der Waals surface area contributed by atoms with E-state index >= 15 is 0 Å². The molecule has 0 fully saturated rings. The lowest BCUT2D eigenvalue weighted by atomic mass is 9.93. The molecule has 3 aromatic carbocycles. The first kappa shape index (κ1) is 25.7. The predicted molar refractivity (Wildman–Crippen MR) is 157 cm³/mol. The molecule has 37 heavy (non-hydrogen) atoms. The highest BCUT2D eigenvalue weighted by molar-refractivity contribution is 6.32. The highest BCUT2D eigenvalue weighted by Gasteiger charge is 2.29. The normalized spacial score (nSPS) is 14.8. The van der Waals surface area contributed by atoms with Gasteiger partial charge in [0.25, 0.3) is 0 Å². The van der Waals surface area contributed by atoms with E-state index in [0.717, 1.165) is 80.8 Å². The molecule has 0 bridgehead atoms. The Morgan fingerprint density at radius 3 is 2.38 bits per heavy atom. The van der Waals surface area contributed by atoms with Crippen LogP contribution in [0.2, 0.25) is 10.0 Å². The molecule has 0 saturated heterocycles. The van der Waals surface area contributed by atoms with Crippen LogP contribution >= 0.6 is 23.2 Å². The van der Waals surface area contributed by atoms with Gasteiger partial charge in [-0.1, -0.05) is 65.7 Å². The van der Waals surface area contributed by atoms with E-state index in [0.29, 0.717) is 0 Å². The van der Waals surface area contributed by atoms with Crippen molar-refractivity contribution in [3.8, 4) is 0 Å². The summed E-state index contributed by atoms with van der Waals surface area (Å²) in [5.41, 5.74) is 6.65. The van der Waals surface area contributed by atoms with Gasteiger partial charge in [-0.2, -0.15) is 0 Å². The van der Waals surface area contributed by atoms with Crippen molar-refractivity contribution in [3.05, 3.63) is 105 Å². The van der Waals surface area contributed by atoms with Crippen molar-refractivity contribution < 1.29 is 0 Å². The minimum atomic E-state index is 0.136. The number of para-hydroxylation sites is 1. The quantitative estimate of drug-likeness (QED) is 0.237. The van der Waals surface area contributed by atoms with E-state index in [4.69, 9.17) is 33.2 Å². The van der Waals surface area contributed by atoms with E-state index in [9.17, 15) is 0 Å². The number of fused-ring (bicyclic) bond motifs is 2. The van der Waals surface area contributed by atoms with Crippen LogP contribution in [0, 0.1) is 6.92 Å². The average Bonchev–Trinajstić information content (AvgIpc) is 3.24. The SMILES string of the molecule is Cc1cccc2c(N(C)CCCN(C)C)nc(C3=CC(Cc4ccc(Cl)cc4)c4c(Cl)cccc43)nc12. The zero-order valence-corrected chi connectivity index (χ0v) is 23.3. The van der Waals surface area contributed by atoms with Crippen LogP contribution in [0.5, 0.6) is 0 Å². The van der Waals surface area contributed by atoms with Crippen LogP contribution in [0.15, 0.2) is 66.7 Å². The van der Waals surface area contributed by atoms with E-state index in [-0.39, 0.29) is 5.92 Å². The number of aromatic nitrogens is 2. The summed E-state index contributed by atoms with van der Waals surface area (Å²) in [4.78, 5) is 14.8. The van der Waals surface area contributed by atoms with Crippen molar-refractivity contribution in [3.63, 3.8) is 0 Å². The summed E-state index contributed by atoms with van der Waals surface area (Å²) in [5.74, 6) is 1.85. The van der Waals surface area contributed by atoms with Gasteiger partial charge in [-0.15, -0.1) is 0 Å². The fourth-order valence-corrected chi connectivity index (χ4v) is 5.61. The first-order valence-corrected chi connectivity index (χ1v) is 13.5. The van der Waals surface area contributed by atoms with E-state index in [1.807, 2.05) is 24.3 Å². The Kier molecular flexibility index (Phi) is 7.52. The van der Waals surface area contributed by atoms with E-state index in [2.05, 4.69) is 80.3 Å². The summed E-state index contributed by atoms with van der Waals surface area (Å²) in [5, 5.41) is 2.60. The Hall–Kier alpha value is -2.92. The third-order valence-corrected chi connectivity index (χ3v) is 7.64. The zero-order valence-electron chi connectivity index (χ0n) is 21.8. The van der Waals surface area contributed by atoms with Crippen LogP contribution in [0.3, 0.4) is 0 Å². The molecule has 190 valence electrons. The van der Waals surface area contributed by atoms with Crippen LogP contribution in [-0.2, 0) is 6.42 Å². The maximum atomic E-state index is 6.79. The topological polar surface area (TPSA) is 32.3 Å². The second kappa shape index (κ2) is 10.8. The summed E-state index contributed by atoms with van der Waals surface area (Å²) < 4.78 is 0. The van der Waals surface area contributed by atoms with Crippen molar-refractivity contribution >= 4 is 45.5 Å². The molecule has 1 unspecified atom stereocenters. The molecule has 1 aliphatic carbocycles. The molecule has 5 rings (SSSR count). The van der Waals surface area contributed by atoms with Crippen LogP contribution in [-0.4, -0.2) is 49.1 Å². The largest absolute Gasteiger partial charge is 0.359 e. The Morgan fingerprint density at radius 2 is 1.62 bits per heavy atom. The zero-order chi connectivity index (χ0) is 26.1. The molecule has 0 radical (unpaired) electrons. The van der Waals surface area contributed by atoms with Gasteiger partial charge >= 0.3 is 0 Å². The number of hydrogen-bond acceptors (Lipinski definition) is 4. The van der Waals surface area contributed by atoms with E-state index in [1.54, 1.807) is 0 Å². The van der Waals surface area contributed by atoms with Gasteiger partial charge in [0.2, 0.25) is 0 Å². The Bertz CT molecular complexity index is 1460. The number of halogens is 2. The van der Waals surface area contributed by atoms with Gasteiger partial charge in [0.1, 0.15) is 5.82 Å². The molecule has 1 aromatic heterocycles. The standard InChI is InChI=1S/C31H32Cl2N4/c1-20-8-5-10-25-29(20)34-30(35-31(25)37(4)17-7-16-36(2)3)26-19-22(18-21-12-14-23(32)15-13-21)28-24(26)9-6-11-27(28)33/h5-6,8-15,19,22H,7,16-18H2,1-4H3. The molecular weight excluding hydrogens is 499 g/mol. The fourth-order valence-electron chi connectivity index (χ4n) is 5.17. The molecule has 1 heterocycles.